The first-order valence-electron chi connectivity index (χ1n) is 7.24. The number of amides is 1. The van der Waals surface area contributed by atoms with Gasteiger partial charge < -0.3 is 10.6 Å². The van der Waals surface area contributed by atoms with Gasteiger partial charge in [-0.25, -0.2) is 0 Å². The average molecular weight is 297 g/mol. The second-order valence-electron chi connectivity index (χ2n) is 5.92. The Morgan fingerprint density at radius 2 is 2.00 bits per heavy atom. The van der Waals surface area contributed by atoms with Crippen LogP contribution in [0.1, 0.15) is 49.9 Å². The number of carbonyl (C=O) groups excluding carboxylic acids is 1. The van der Waals surface area contributed by atoms with Gasteiger partial charge in [0.1, 0.15) is 0 Å². The molecule has 1 amide bonds. The molecule has 112 valence electrons. The van der Waals surface area contributed by atoms with Crippen LogP contribution in [0.15, 0.2) is 24.3 Å². The van der Waals surface area contributed by atoms with Gasteiger partial charge in [-0.3, -0.25) is 4.79 Å². The second-order valence-corrected chi connectivity index (χ2v) is 5.92. The first-order valence-corrected chi connectivity index (χ1v) is 7.24. The summed E-state index contributed by atoms with van der Waals surface area (Å²) in [4.78, 5) is 14.8. The molecule has 0 aromatic heterocycles. The van der Waals surface area contributed by atoms with E-state index in [9.17, 15) is 4.79 Å². The molecule has 1 aliphatic carbocycles. The predicted octanol–water partition coefficient (Wildman–Crippen LogP) is 3.73. The second kappa shape index (κ2) is 7.53. The number of carbonyl (C=O) groups is 1. The summed E-state index contributed by atoms with van der Waals surface area (Å²) in [6.45, 7) is 5.15. The van der Waals surface area contributed by atoms with E-state index in [1.807, 2.05) is 18.2 Å². The Labute approximate surface area is 127 Å². The lowest BCUT2D eigenvalue weighted by Gasteiger charge is -2.30. The third-order valence-corrected chi connectivity index (χ3v) is 3.72. The van der Waals surface area contributed by atoms with Crippen LogP contribution < -0.4 is 5.73 Å². The SMILES string of the molecule is CC(C)CN(C(=O)c1cccc(N)c1)C1CCCC1.Cl. The van der Waals surface area contributed by atoms with Crippen LogP contribution in [0.4, 0.5) is 5.69 Å². The normalized spacial score (nSPS) is 15.2. The standard InChI is InChI=1S/C16H24N2O.ClH/c1-12(2)11-18(15-8-3-4-9-15)16(19)13-6-5-7-14(17)10-13;/h5-7,10,12,15H,3-4,8-9,11,17H2,1-2H3;1H. The molecule has 0 radical (unpaired) electrons. The molecule has 20 heavy (non-hydrogen) atoms. The van der Waals surface area contributed by atoms with Crippen molar-refractivity contribution in [1.82, 2.24) is 4.90 Å². The van der Waals surface area contributed by atoms with Crippen molar-refractivity contribution in [3.8, 4) is 0 Å². The number of benzene rings is 1. The van der Waals surface area contributed by atoms with E-state index in [4.69, 9.17) is 5.73 Å². The predicted molar refractivity (Wildman–Crippen MR) is 86.2 cm³/mol. The lowest BCUT2D eigenvalue weighted by molar-refractivity contribution is 0.0655. The first kappa shape index (κ1) is 16.8. The van der Waals surface area contributed by atoms with Gasteiger partial charge in [-0.1, -0.05) is 32.8 Å². The minimum atomic E-state index is 0. The van der Waals surface area contributed by atoms with Crippen LogP contribution >= 0.6 is 12.4 Å². The van der Waals surface area contributed by atoms with Gasteiger partial charge in [0.15, 0.2) is 0 Å². The minimum Gasteiger partial charge on any atom is -0.399 e. The zero-order chi connectivity index (χ0) is 13.8. The Morgan fingerprint density at radius 1 is 1.35 bits per heavy atom. The zero-order valence-corrected chi connectivity index (χ0v) is 13.2. The zero-order valence-electron chi connectivity index (χ0n) is 12.3. The molecule has 2 rings (SSSR count). The summed E-state index contributed by atoms with van der Waals surface area (Å²) in [5.41, 5.74) is 7.15. The fraction of sp³-hybridized carbons (Fsp3) is 0.562. The van der Waals surface area contributed by atoms with Crippen LogP contribution in [0.25, 0.3) is 0 Å². The maximum Gasteiger partial charge on any atom is 0.254 e. The monoisotopic (exact) mass is 296 g/mol. The highest BCUT2D eigenvalue weighted by Gasteiger charge is 2.27. The molecule has 2 N–H and O–H groups in total. The maximum atomic E-state index is 12.7. The van der Waals surface area contributed by atoms with E-state index in [-0.39, 0.29) is 18.3 Å². The van der Waals surface area contributed by atoms with Crippen molar-refractivity contribution < 1.29 is 4.79 Å². The van der Waals surface area contributed by atoms with Crippen molar-refractivity contribution in [3.05, 3.63) is 29.8 Å². The van der Waals surface area contributed by atoms with Crippen LogP contribution in [-0.4, -0.2) is 23.4 Å². The lowest BCUT2D eigenvalue weighted by atomic mass is 10.1. The highest BCUT2D eigenvalue weighted by molar-refractivity contribution is 5.95. The Balaban J connectivity index is 0.00000200. The molecule has 0 bridgehead atoms. The van der Waals surface area contributed by atoms with Gasteiger partial charge in [0, 0.05) is 23.8 Å². The molecule has 1 aromatic carbocycles. The molecular formula is C16H25ClN2O. The average Bonchev–Trinajstić information content (AvgIpc) is 2.88. The summed E-state index contributed by atoms with van der Waals surface area (Å²) in [5, 5.41) is 0. The molecular weight excluding hydrogens is 272 g/mol. The molecule has 3 nitrogen and oxygen atoms in total. The minimum absolute atomic E-state index is 0. The molecule has 0 spiro atoms. The van der Waals surface area contributed by atoms with Gasteiger partial charge in [0.2, 0.25) is 0 Å². The van der Waals surface area contributed by atoms with E-state index in [0.717, 1.165) is 19.4 Å². The third-order valence-electron chi connectivity index (χ3n) is 3.72. The van der Waals surface area contributed by atoms with E-state index in [0.29, 0.717) is 23.2 Å². The largest absolute Gasteiger partial charge is 0.399 e. The maximum absolute atomic E-state index is 12.7. The molecule has 0 atom stereocenters. The number of halogens is 1. The summed E-state index contributed by atoms with van der Waals surface area (Å²) in [6, 6.07) is 7.73. The molecule has 1 aromatic rings. The number of rotatable bonds is 4. The van der Waals surface area contributed by atoms with E-state index >= 15 is 0 Å². The molecule has 1 saturated carbocycles. The van der Waals surface area contributed by atoms with Crippen molar-refractivity contribution in [2.24, 2.45) is 5.92 Å². The molecule has 4 heteroatoms. The summed E-state index contributed by atoms with van der Waals surface area (Å²) in [5.74, 6) is 0.624. The summed E-state index contributed by atoms with van der Waals surface area (Å²) in [6.07, 6.45) is 4.76. The summed E-state index contributed by atoms with van der Waals surface area (Å²) >= 11 is 0. The first-order chi connectivity index (χ1) is 9.08. The Bertz CT molecular complexity index is 442. The van der Waals surface area contributed by atoms with Crippen molar-refractivity contribution in [2.75, 3.05) is 12.3 Å². The number of nitrogens with zero attached hydrogens (tertiary/aromatic N) is 1. The van der Waals surface area contributed by atoms with E-state index < -0.39 is 0 Å². The molecule has 0 saturated heterocycles. The van der Waals surface area contributed by atoms with Gasteiger partial charge in [-0.05, 0) is 37.0 Å². The van der Waals surface area contributed by atoms with Crippen LogP contribution in [0.3, 0.4) is 0 Å². The van der Waals surface area contributed by atoms with Crippen LogP contribution in [0.5, 0.6) is 0 Å². The fourth-order valence-corrected chi connectivity index (χ4v) is 2.84. The number of hydrogen-bond donors (Lipinski definition) is 1. The van der Waals surface area contributed by atoms with Crippen molar-refractivity contribution in [2.45, 2.75) is 45.6 Å². The topological polar surface area (TPSA) is 46.3 Å². The van der Waals surface area contributed by atoms with Crippen LogP contribution in [0.2, 0.25) is 0 Å². The number of hydrogen-bond acceptors (Lipinski definition) is 2. The van der Waals surface area contributed by atoms with Crippen molar-refractivity contribution in [1.29, 1.82) is 0 Å². The van der Waals surface area contributed by atoms with Gasteiger partial charge in [-0.2, -0.15) is 0 Å². The Morgan fingerprint density at radius 3 is 2.55 bits per heavy atom. The van der Waals surface area contributed by atoms with Crippen LogP contribution in [-0.2, 0) is 0 Å². The molecule has 1 fully saturated rings. The van der Waals surface area contributed by atoms with Crippen molar-refractivity contribution in [3.63, 3.8) is 0 Å². The molecule has 1 aliphatic rings. The smallest absolute Gasteiger partial charge is 0.254 e. The Hall–Kier alpha value is -1.22. The number of anilines is 1. The third kappa shape index (κ3) is 4.14. The molecule has 0 heterocycles. The van der Waals surface area contributed by atoms with E-state index in [1.165, 1.54) is 12.8 Å². The van der Waals surface area contributed by atoms with E-state index in [1.54, 1.807) is 6.07 Å². The van der Waals surface area contributed by atoms with Gasteiger partial charge >= 0.3 is 0 Å². The molecule has 0 aliphatic heterocycles. The number of nitrogens with two attached hydrogens (primary N) is 1. The van der Waals surface area contributed by atoms with Crippen LogP contribution in [0, 0.1) is 5.92 Å². The molecule has 0 unspecified atom stereocenters. The quantitative estimate of drug-likeness (QED) is 0.861. The van der Waals surface area contributed by atoms with Gasteiger partial charge in [-0.15, -0.1) is 12.4 Å². The highest BCUT2D eigenvalue weighted by atomic mass is 35.5. The summed E-state index contributed by atoms with van der Waals surface area (Å²) in [7, 11) is 0. The number of nitrogen functional groups attached to an aromatic ring is 1. The summed E-state index contributed by atoms with van der Waals surface area (Å²) < 4.78 is 0. The van der Waals surface area contributed by atoms with Gasteiger partial charge in [0.25, 0.3) is 5.91 Å². The van der Waals surface area contributed by atoms with E-state index in [2.05, 4.69) is 18.7 Å². The van der Waals surface area contributed by atoms with Gasteiger partial charge in [0.05, 0.1) is 0 Å². The van der Waals surface area contributed by atoms with Crippen molar-refractivity contribution >= 4 is 24.0 Å². The highest BCUT2D eigenvalue weighted by Crippen LogP contribution is 2.26. The Kier molecular flexibility index (Phi) is 6.34. The lowest BCUT2D eigenvalue weighted by Crippen LogP contribution is -2.41. The fourth-order valence-electron chi connectivity index (χ4n) is 2.84.